The summed E-state index contributed by atoms with van der Waals surface area (Å²) in [6, 6.07) is 9.55. The van der Waals surface area contributed by atoms with Gasteiger partial charge in [0.15, 0.2) is 5.75 Å². The third-order valence-electron chi connectivity index (χ3n) is 6.53. The highest BCUT2D eigenvalue weighted by molar-refractivity contribution is 6.37. The number of nitrogens with one attached hydrogen (secondary N) is 1. The molecule has 0 atom stereocenters. The van der Waals surface area contributed by atoms with E-state index in [1.807, 2.05) is 35.3 Å². The number of aldehydes is 1. The number of carbonyl (C=O) groups is 1. The molecule has 1 fully saturated rings. The molecule has 0 aliphatic carbocycles. The van der Waals surface area contributed by atoms with Gasteiger partial charge in [-0.25, -0.2) is 0 Å². The second kappa shape index (κ2) is 12.3. The average Bonchev–Trinajstić information content (AvgIpc) is 3.32. The van der Waals surface area contributed by atoms with E-state index in [0.29, 0.717) is 6.04 Å². The standard InChI is InChI=1S/C26H25Cl2N5O2.2ClH/c1-32-7-4-20(5-8-32)33-15-19(14-30-33)31-25-17(6-9-34)13-29-24-3-2-16(10-21(24)25)18-11-22(27)26(35)23(28)12-18;;/h2-3,9-15,20,35H,4-8H2,1H3,(H,29,31);2*1H. The number of nitrogens with zero attached hydrogens (tertiary/aromatic N) is 4. The van der Waals surface area contributed by atoms with Gasteiger partial charge in [0.1, 0.15) is 6.29 Å². The molecule has 7 nitrogen and oxygen atoms in total. The van der Waals surface area contributed by atoms with Crippen LogP contribution in [0.1, 0.15) is 24.4 Å². The fraction of sp³-hybridized carbons (Fsp3) is 0.269. The number of aromatic nitrogens is 3. The lowest BCUT2D eigenvalue weighted by molar-refractivity contribution is -0.107. The van der Waals surface area contributed by atoms with Crippen LogP contribution >= 0.6 is 48.0 Å². The van der Waals surface area contributed by atoms with E-state index in [-0.39, 0.29) is 47.0 Å². The molecule has 37 heavy (non-hydrogen) atoms. The zero-order valence-corrected chi connectivity index (χ0v) is 23.2. The third-order valence-corrected chi connectivity index (χ3v) is 7.11. The first kappa shape index (κ1) is 29.0. The molecule has 0 spiro atoms. The van der Waals surface area contributed by atoms with Crippen LogP contribution in [-0.2, 0) is 11.2 Å². The van der Waals surface area contributed by atoms with Crippen molar-refractivity contribution in [2.24, 2.45) is 0 Å². The van der Waals surface area contributed by atoms with Gasteiger partial charge in [0.05, 0.1) is 39.2 Å². The van der Waals surface area contributed by atoms with E-state index in [1.54, 1.807) is 18.3 Å². The summed E-state index contributed by atoms with van der Waals surface area (Å²) in [5.74, 6) is -0.142. The number of phenolic OH excluding ortho intramolecular Hbond substituents is 1. The normalized spacial score (nSPS) is 14.1. The van der Waals surface area contributed by atoms with Crippen molar-refractivity contribution in [3.05, 3.63) is 64.5 Å². The molecule has 0 saturated carbocycles. The van der Waals surface area contributed by atoms with Crippen molar-refractivity contribution in [3.63, 3.8) is 0 Å². The van der Waals surface area contributed by atoms with Crippen molar-refractivity contribution < 1.29 is 9.90 Å². The Morgan fingerprint density at radius 2 is 1.78 bits per heavy atom. The van der Waals surface area contributed by atoms with Gasteiger partial charge in [-0.05, 0) is 68.4 Å². The monoisotopic (exact) mass is 581 g/mol. The van der Waals surface area contributed by atoms with Crippen LogP contribution in [0.25, 0.3) is 22.0 Å². The Kier molecular flexibility index (Phi) is 9.67. The van der Waals surface area contributed by atoms with Crippen LogP contribution < -0.4 is 5.32 Å². The Labute approximate surface area is 237 Å². The minimum atomic E-state index is -0.142. The molecule has 0 amide bonds. The number of aromatic hydroxyl groups is 1. The van der Waals surface area contributed by atoms with Gasteiger partial charge in [0, 0.05) is 29.8 Å². The summed E-state index contributed by atoms with van der Waals surface area (Å²) >= 11 is 12.3. The topological polar surface area (TPSA) is 83.3 Å². The average molecular weight is 583 g/mol. The molecule has 5 rings (SSSR count). The molecule has 1 aliphatic rings. The first-order chi connectivity index (χ1) is 16.9. The molecule has 4 aromatic rings. The molecule has 0 radical (unpaired) electrons. The molecule has 2 N–H and O–H groups in total. The van der Waals surface area contributed by atoms with Crippen LogP contribution in [-0.4, -0.2) is 51.2 Å². The zero-order valence-electron chi connectivity index (χ0n) is 20.0. The van der Waals surface area contributed by atoms with Crippen molar-refractivity contribution in [2.75, 3.05) is 25.5 Å². The number of anilines is 2. The quantitative estimate of drug-likeness (QED) is 0.246. The number of phenols is 1. The lowest BCUT2D eigenvalue weighted by Gasteiger charge is -2.28. The molecular formula is C26H27Cl4N5O2. The fourth-order valence-corrected chi connectivity index (χ4v) is 5.03. The smallest absolute Gasteiger partial charge is 0.152 e. The predicted octanol–water partition coefficient (Wildman–Crippen LogP) is 6.71. The SMILES string of the molecule is CN1CCC(n2cc(Nc3c(CC=O)cnc4ccc(-c5cc(Cl)c(O)c(Cl)c5)cc34)cn2)CC1.Cl.Cl. The molecule has 0 unspecified atom stereocenters. The number of halogens is 4. The van der Waals surface area contributed by atoms with Gasteiger partial charge in [0.2, 0.25) is 0 Å². The van der Waals surface area contributed by atoms with E-state index >= 15 is 0 Å². The maximum atomic E-state index is 11.4. The number of carbonyl (C=O) groups excluding carboxylic acids is 1. The van der Waals surface area contributed by atoms with Crippen LogP contribution in [0.3, 0.4) is 0 Å². The van der Waals surface area contributed by atoms with Crippen LogP contribution in [0, 0.1) is 0 Å². The number of benzene rings is 2. The van der Waals surface area contributed by atoms with Crippen LogP contribution in [0.15, 0.2) is 48.9 Å². The summed E-state index contributed by atoms with van der Waals surface area (Å²) in [6.07, 6.45) is 8.80. The minimum Gasteiger partial charge on any atom is -0.505 e. The van der Waals surface area contributed by atoms with E-state index in [1.165, 1.54) is 0 Å². The van der Waals surface area contributed by atoms with Gasteiger partial charge in [0.25, 0.3) is 0 Å². The second-order valence-electron chi connectivity index (χ2n) is 8.92. The van der Waals surface area contributed by atoms with Gasteiger partial charge in [-0.3, -0.25) is 9.67 Å². The molecular weight excluding hydrogens is 556 g/mol. The molecule has 2 aromatic heterocycles. The van der Waals surface area contributed by atoms with Gasteiger partial charge < -0.3 is 20.1 Å². The van der Waals surface area contributed by atoms with Gasteiger partial charge in [-0.15, -0.1) is 24.8 Å². The molecule has 0 bridgehead atoms. The Balaban J connectivity index is 0.00000190. The van der Waals surface area contributed by atoms with Crippen molar-refractivity contribution in [3.8, 4) is 16.9 Å². The number of rotatable bonds is 6. The van der Waals surface area contributed by atoms with E-state index < -0.39 is 0 Å². The van der Waals surface area contributed by atoms with E-state index in [2.05, 4.69) is 27.3 Å². The van der Waals surface area contributed by atoms with Crippen LogP contribution in [0.2, 0.25) is 10.0 Å². The lowest BCUT2D eigenvalue weighted by atomic mass is 10.0. The number of fused-ring (bicyclic) bond motifs is 1. The van der Waals surface area contributed by atoms with Gasteiger partial charge in [-0.1, -0.05) is 29.3 Å². The number of hydrogen-bond acceptors (Lipinski definition) is 6. The highest BCUT2D eigenvalue weighted by Gasteiger charge is 2.19. The largest absolute Gasteiger partial charge is 0.505 e. The fourth-order valence-electron chi connectivity index (χ4n) is 4.54. The van der Waals surface area contributed by atoms with Crippen LogP contribution in [0.5, 0.6) is 5.75 Å². The number of hydrogen-bond donors (Lipinski definition) is 2. The van der Waals surface area contributed by atoms with Crippen molar-refractivity contribution >= 4 is 76.6 Å². The number of pyridine rings is 1. The maximum absolute atomic E-state index is 11.4. The first-order valence-corrected chi connectivity index (χ1v) is 12.2. The molecule has 1 saturated heterocycles. The number of likely N-dealkylation sites (tertiary alicyclic amines) is 1. The molecule has 11 heteroatoms. The van der Waals surface area contributed by atoms with Crippen molar-refractivity contribution in [2.45, 2.75) is 25.3 Å². The Morgan fingerprint density at radius 3 is 2.46 bits per heavy atom. The third kappa shape index (κ3) is 6.13. The van der Waals surface area contributed by atoms with Crippen LogP contribution in [0.4, 0.5) is 11.4 Å². The van der Waals surface area contributed by atoms with E-state index in [0.717, 1.165) is 71.2 Å². The Morgan fingerprint density at radius 1 is 1.08 bits per heavy atom. The number of piperidine rings is 1. The summed E-state index contributed by atoms with van der Waals surface area (Å²) < 4.78 is 2.03. The van der Waals surface area contributed by atoms with Crippen molar-refractivity contribution in [1.82, 2.24) is 19.7 Å². The predicted molar refractivity (Wildman–Crippen MR) is 154 cm³/mol. The van der Waals surface area contributed by atoms with E-state index in [4.69, 9.17) is 23.2 Å². The molecule has 196 valence electrons. The summed E-state index contributed by atoms with van der Waals surface area (Å²) in [6.45, 7) is 2.11. The summed E-state index contributed by atoms with van der Waals surface area (Å²) in [4.78, 5) is 18.3. The highest BCUT2D eigenvalue weighted by Crippen LogP contribution is 2.38. The summed E-state index contributed by atoms with van der Waals surface area (Å²) in [5, 5.41) is 19.3. The lowest BCUT2D eigenvalue weighted by Crippen LogP contribution is -2.31. The van der Waals surface area contributed by atoms with Gasteiger partial charge in [-0.2, -0.15) is 5.10 Å². The van der Waals surface area contributed by atoms with Crippen molar-refractivity contribution in [1.29, 1.82) is 0 Å². The summed E-state index contributed by atoms with van der Waals surface area (Å²) in [5.41, 5.74) is 4.86. The zero-order chi connectivity index (χ0) is 24.5. The van der Waals surface area contributed by atoms with Gasteiger partial charge >= 0.3 is 0 Å². The Hall–Kier alpha value is -2.55. The molecule has 1 aliphatic heterocycles. The summed E-state index contributed by atoms with van der Waals surface area (Å²) in [7, 11) is 2.14. The molecule has 3 heterocycles. The highest BCUT2D eigenvalue weighted by atomic mass is 35.5. The molecule has 2 aromatic carbocycles. The Bertz CT molecular complexity index is 1380. The van der Waals surface area contributed by atoms with E-state index in [9.17, 15) is 9.90 Å². The second-order valence-corrected chi connectivity index (χ2v) is 9.73. The first-order valence-electron chi connectivity index (χ1n) is 11.5. The maximum Gasteiger partial charge on any atom is 0.152 e. The minimum absolute atomic E-state index is 0.